The van der Waals surface area contributed by atoms with E-state index in [2.05, 4.69) is 9.40 Å². The summed E-state index contributed by atoms with van der Waals surface area (Å²) in [5.41, 5.74) is -0.291. The Balaban J connectivity index is 2.63. The molecule has 0 aliphatic rings. The van der Waals surface area contributed by atoms with Gasteiger partial charge in [0.1, 0.15) is 11.9 Å². The molecule has 1 aromatic heterocycles. The second-order valence-electron chi connectivity index (χ2n) is 3.38. The molecule has 0 spiro atoms. The van der Waals surface area contributed by atoms with Crippen molar-refractivity contribution in [3.8, 4) is 0 Å². The summed E-state index contributed by atoms with van der Waals surface area (Å²) >= 11 is 0. The number of ether oxygens (including phenoxy) is 1. The number of aromatic nitrogens is 1. The molecule has 0 atom stereocenters. The maximum absolute atomic E-state index is 11.2. The van der Waals surface area contributed by atoms with Gasteiger partial charge in [0.25, 0.3) is 0 Å². The Morgan fingerprint density at radius 1 is 1.58 bits per heavy atom. The summed E-state index contributed by atoms with van der Waals surface area (Å²) in [5, 5.41) is 0. The summed E-state index contributed by atoms with van der Waals surface area (Å²) < 4.78 is 9.66. The Hall–Kier alpha value is -1.32. The Morgan fingerprint density at radius 3 is 2.67 bits per heavy atom. The zero-order chi connectivity index (χ0) is 9.19. The zero-order valence-corrected chi connectivity index (χ0v) is 7.33. The van der Waals surface area contributed by atoms with E-state index in [1.165, 1.54) is 12.7 Å². The standard InChI is InChI=1S/C8H11NO3/c1-8(2,3)12-7(10)6-4-11-5-9-6/h4-5H,1-3H3. The van der Waals surface area contributed by atoms with Crippen LogP contribution in [0.2, 0.25) is 0 Å². The summed E-state index contributed by atoms with van der Waals surface area (Å²) in [6.45, 7) is 5.39. The molecule has 12 heavy (non-hydrogen) atoms. The number of nitrogens with zero attached hydrogens (tertiary/aromatic N) is 1. The molecule has 0 unspecified atom stereocenters. The number of hydrogen-bond acceptors (Lipinski definition) is 4. The van der Waals surface area contributed by atoms with E-state index in [4.69, 9.17) is 4.74 Å². The molecule has 0 saturated heterocycles. The van der Waals surface area contributed by atoms with Gasteiger partial charge in [0.05, 0.1) is 0 Å². The van der Waals surface area contributed by atoms with Crippen molar-refractivity contribution in [1.29, 1.82) is 0 Å². The molecular formula is C8H11NO3. The molecule has 0 aromatic carbocycles. The first-order chi connectivity index (χ1) is 5.49. The molecule has 1 rings (SSSR count). The first-order valence-corrected chi connectivity index (χ1v) is 3.60. The number of carbonyl (C=O) groups is 1. The van der Waals surface area contributed by atoms with Crippen molar-refractivity contribution in [2.75, 3.05) is 0 Å². The van der Waals surface area contributed by atoms with Gasteiger partial charge in [-0.15, -0.1) is 0 Å². The van der Waals surface area contributed by atoms with Gasteiger partial charge in [-0.3, -0.25) is 0 Å². The highest BCUT2D eigenvalue weighted by Gasteiger charge is 2.19. The van der Waals surface area contributed by atoms with Gasteiger partial charge in [-0.2, -0.15) is 0 Å². The van der Waals surface area contributed by atoms with Crippen LogP contribution in [0.1, 0.15) is 31.3 Å². The lowest BCUT2D eigenvalue weighted by molar-refractivity contribution is 0.00629. The van der Waals surface area contributed by atoms with Crippen LogP contribution in [-0.4, -0.2) is 16.6 Å². The van der Waals surface area contributed by atoms with Gasteiger partial charge in [0.15, 0.2) is 12.1 Å². The monoisotopic (exact) mass is 169 g/mol. The predicted molar refractivity (Wildman–Crippen MR) is 41.7 cm³/mol. The normalized spacial score (nSPS) is 11.2. The van der Waals surface area contributed by atoms with E-state index in [0.29, 0.717) is 0 Å². The van der Waals surface area contributed by atoms with E-state index in [0.717, 1.165) is 0 Å². The van der Waals surface area contributed by atoms with Crippen molar-refractivity contribution < 1.29 is 13.9 Å². The lowest BCUT2D eigenvalue weighted by Gasteiger charge is -2.18. The molecule has 0 aliphatic heterocycles. The van der Waals surface area contributed by atoms with Crippen molar-refractivity contribution >= 4 is 5.97 Å². The van der Waals surface area contributed by atoms with Crippen LogP contribution in [-0.2, 0) is 4.74 Å². The minimum absolute atomic E-state index is 0.199. The van der Waals surface area contributed by atoms with E-state index in [1.807, 2.05) is 0 Å². The number of esters is 1. The van der Waals surface area contributed by atoms with Crippen LogP contribution in [0.15, 0.2) is 17.1 Å². The molecule has 0 radical (unpaired) electrons. The lowest BCUT2D eigenvalue weighted by atomic mass is 10.2. The minimum atomic E-state index is -0.490. The Labute approximate surface area is 70.5 Å². The van der Waals surface area contributed by atoms with Crippen molar-refractivity contribution in [1.82, 2.24) is 4.98 Å². The summed E-state index contributed by atoms with van der Waals surface area (Å²) in [6, 6.07) is 0. The predicted octanol–water partition coefficient (Wildman–Crippen LogP) is 1.63. The largest absolute Gasteiger partial charge is 0.455 e. The summed E-state index contributed by atoms with van der Waals surface area (Å²) in [6.07, 6.45) is 2.45. The molecule has 66 valence electrons. The molecule has 1 heterocycles. The molecule has 4 heteroatoms. The van der Waals surface area contributed by atoms with Gasteiger partial charge in [-0.25, -0.2) is 9.78 Å². The van der Waals surface area contributed by atoms with Crippen LogP contribution in [0.25, 0.3) is 0 Å². The number of rotatable bonds is 1. The second kappa shape index (κ2) is 2.97. The van der Waals surface area contributed by atoms with Gasteiger partial charge in [0, 0.05) is 0 Å². The SMILES string of the molecule is CC(C)(C)OC(=O)c1cocn1. The topological polar surface area (TPSA) is 52.3 Å². The van der Waals surface area contributed by atoms with Crippen LogP contribution < -0.4 is 0 Å². The molecule has 0 aliphatic carbocycles. The molecule has 0 amide bonds. The Morgan fingerprint density at radius 2 is 2.25 bits per heavy atom. The summed E-state index contributed by atoms with van der Waals surface area (Å²) in [7, 11) is 0. The lowest BCUT2D eigenvalue weighted by Crippen LogP contribution is -2.23. The first kappa shape index (κ1) is 8.77. The smallest absolute Gasteiger partial charge is 0.360 e. The summed E-state index contributed by atoms with van der Waals surface area (Å²) in [5.74, 6) is -0.462. The van der Waals surface area contributed by atoms with E-state index in [9.17, 15) is 4.79 Å². The van der Waals surface area contributed by atoms with Crippen molar-refractivity contribution in [2.24, 2.45) is 0 Å². The fourth-order valence-corrected chi connectivity index (χ4v) is 0.644. The second-order valence-corrected chi connectivity index (χ2v) is 3.38. The molecule has 0 saturated carbocycles. The average Bonchev–Trinajstić information content (AvgIpc) is 2.32. The van der Waals surface area contributed by atoms with Crippen LogP contribution in [0, 0.1) is 0 Å². The Bertz CT molecular complexity index is 258. The highest BCUT2D eigenvalue weighted by atomic mass is 16.6. The number of oxazole rings is 1. The van der Waals surface area contributed by atoms with E-state index in [1.54, 1.807) is 20.8 Å². The molecule has 0 N–H and O–H groups in total. The maximum Gasteiger partial charge on any atom is 0.360 e. The highest BCUT2D eigenvalue weighted by Crippen LogP contribution is 2.10. The number of hydrogen-bond donors (Lipinski definition) is 0. The van der Waals surface area contributed by atoms with Gasteiger partial charge >= 0.3 is 5.97 Å². The van der Waals surface area contributed by atoms with Crippen molar-refractivity contribution in [3.63, 3.8) is 0 Å². The fourth-order valence-electron chi connectivity index (χ4n) is 0.644. The molecule has 4 nitrogen and oxygen atoms in total. The van der Waals surface area contributed by atoms with Gasteiger partial charge in [-0.1, -0.05) is 0 Å². The molecule has 0 fully saturated rings. The van der Waals surface area contributed by atoms with Crippen molar-refractivity contribution in [3.05, 3.63) is 18.4 Å². The quantitative estimate of drug-likeness (QED) is 0.599. The minimum Gasteiger partial charge on any atom is -0.455 e. The molecular weight excluding hydrogens is 158 g/mol. The third-order valence-electron chi connectivity index (χ3n) is 1.04. The van der Waals surface area contributed by atoms with Crippen molar-refractivity contribution in [2.45, 2.75) is 26.4 Å². The van der Waals surface area contributed by atoms with Crippen LogP contribution in [0.3, 0.4) is 0 Å². The van der Waals surface area contributed by atoms with E-state index >= 15 is 0 Å². The average molecular weight is 169 g/mol. The fraction of sp³-hybridized carbons (Fsp3) is 0.500. The first-order valence-electron chi connectivity index (χ1n) is 3.60. The van der Waals surface area contributed by atoms with E-state index in [-0.39, 0.29) is 5.69 Å². The maximum atomic E-state index is 11.2. The summed E-state index contributed by atoms with van der Waals surface area (Å²) in [4.78, 5) is 14.8. The third-order valence-corrected chi connectivity index (χ3v) is 1.04. The zero-order valence-electron chi connectivity index (χ0n) is 7.33. The molecule has 0 bridgehead atoms. The van der Waals surface area contributed by atoms with Gasteiger partial charge in [-0.05, 0) is 20.8 Å². The Kier molecular flexibility index (Phi) is 2.17. The third kappa shape index (κ3) is 2.38. The van der Waals surface area contributed by atoms with Gasteiger partial charge in [0.2, 0.25) is 0 Å². The van der Waals surface area contributed by atoms with Crippen LogP contribution in [0.5, 0.6) is 0 Å². The van der Waals surface area contributed by atoms with Crippen LogP contribution in [0.4, 0.5) is 0 Å². The van der Waals surface area contributed by atoms with E-state index < -0.39 is 11.6 Å². The highest BCUT2D eigenvalue weighted by molar-refractivity contribution is 5.86. The van der Waals surface area contributed by atoms with Crippen LogP contribution >= 0.6 is 0 Å². The number of carbonyl (C=O) groups excluding carboxylic acids is 1. The van der Waals surface area contributed by atoms with Gasteiger partial charge < -0.3 is 9.15 Å². The molecule has 1 aromatic rings.